The summed E-state index contributed by atoms with van der Waals surface area (Å²) in [5, 5.41) is 22.2. The van der Waals surface area contributed by atoms with Gasteiger partial charge in [0.25, 0.3) is 5.91 Å². The summed E-state index contributed by atoms with van der Waals surface area (Å²) in [4.78, 5) is 14.8. The zero-order valence-electron chi connectivity index (χ0n) is 14.9. The average molecular weight is 346 g/mol. The summed E-state index contributed by atoms with van der Waals surface area (Å²) >= 11 is 0. The Hall–Kier alpha value is -1.88. The lowest BCUT2D eigenvalue weighted by atomic mass is 9.96. The Kier molecular flexibility index (Phi) is 5.13. The lowest BCUT2D eigenvalue weighted by molar-refractivity contribution is -0.105. The van der Waals surface area contributed by atoms with Gasteiger partial charge in [-0.15, -0.1) is 0 Å². The molecule has 3 rings (SSSR count). The molecule has 2 atom stereocenters. The molecule has 136 valence electrons. The molecule has 0 radical (unpaired) electrons. The Morgan fingerprint density at radius 2 is 2.36 bits per heavy atom. The van der Waals surface area contributed by atoms with E-state index in [9.17, 15) is 15.2 Å². The van der Waals surface area contributed by atoms with Gasteiger partial charge in [-0.2, -0.15) is 5.26 Å². The van der Waals surface area contributed by atoms with Crippen LogP contribution in [0.25, 0.3) is 0 Å². The van der Waals surface area contributed by atoms with Crippen LogP contribution in [0.4, 0.5) is 0 Å². The molecule has 0 aliphatic carbocycles. The summed E-state index contributed by atoms with van der Waals surface area (Å²) in [6.07, 6.45) is 2.90. The minimum atomic E-state index is -0.622. The fraction of sp³-hybridized carbons (Fsp3) is 0.667. The second-order valence-electron chi connectivity index (χ2n) is 7.15. The summed E-state index contributed by atoms with van der Waals surface area (Å²) in [5.41, 5.74) is 1.46. The molecule has 7 heteroatoms. The van der Waals surface area contributed by atoms with Crippen molar-refractivity contribution in [3.8, 4) is 6.07 Å². The van der Waals surface area contributed by atoms with Crippen molar-refractivity contribution in [2.45, 2.75) is 44.3 Å². The van der Waals surface area contributed by atoms with Gasteiger partial charge in [0.2, 0.25) is 0 Å². The van der Waals surface area contributed by atoms with Gasteiger partial charge in [0.05, 0.1) is 30.9 Å². The number of aliphatic hydroxyl groups is 1. The van der Waals surface area contributed by atoms with Crippen LogP contribution in [0.2, 0.25) is 0 Å². The number of carbonyl (C=O) groups is 1. The fourth-order valence-electron chi connectivity index (χ4n) is 3.79. The van der Waals surface area contributed by atoms with Gasteiger partial charge in [0.15, 0.2) is 0 Å². The normalized spacial score (nSPS) is 26.7. The molecular formula is C18H26N4O3. The standard InChI is InChI=1S/C18H26N4O3/c1-13-9-25-12-18(11-23,21(13)2)10-20-17(24)16-7-14(8-19)15-5-3-4-6-22(15)16/h7,13,23H,3-6,9-12H2,1-2H3,(H,20,24)/t13-,18+/m1/s1. The molecule has 2 aliphatic heterocycles. The monoisotopic (exact) mass is 346 g/mol. The van der Waals surface area contributed by atoms with E-state index in [1.54, 1.807) is 6.07 Å². The maximum atomic E-state index is 12.8. The molecule has 1 aromatic heterocycles. The molecule has 3 heterocycles. The van der Waals surface area contributed by atoms with Crippen molar-refractivity contribution in [1.82, 2.24) is 14.8 Å². The molecule has 1 aromatic rings. The number of carbonyl (C=O) groups excluding carboxylic acids is 1. The van der Waals surface area contributed by atoms with Gasteiger partial charge < -0.3 is 19.7 Å². The molecule has 7 nitrogen and oxygen atoms in total. The molecule has 1 fully saturated rings. The molecule has 1 saturated heterocycles. The van der Waals surface area contributed by atoms with E-state index in [1.807, 2.05) is 18.5 Å². The second kappa shape index (κ2) is 7.16. The first kappa shape index (κ1) is 17.9. The third-order valence-corrected chi connectivity index (χ3v) is 5.62. The van der Waals surface area contributed by atoms with Gasteiger partial charge in [0.1, 0.15) is 11.8 Å². The maximum Gasteiger partial charge on any atom is 0.268 e. The van der Waals surface area contributed by atoms with Gasteiger partial charge in [-0.05, 0) is 39.3 Å². The number of hydrogen-bond donors (Lipinski definition) is 2. The summed E-state index contributed by atoms with van der Waals surface area (Å²) in [6, 6.07) is 4.05. The minimum Gasteiger partial charge on any atom is -0.394 e. The maximum absolute atomic E-state index is 12.8. The first-order valence-electron chi connectivity index (χ1n) is 8.84. The highest BCUT2D eigenvalue weighted by Gasteiger charge is 2.40. The van der Waals surface area contributed by atoms with E-state index in [0.717, 1.165) is 31.5 Å². The third-order valence-electron chi connectivity index (χ3n) is 5.62. The molecule has 0 saturated carbocycles. The molecule has 0 unspecified atom stereocenters. The van der Waals surface area contributed by atoms with Crippen molar-refractivity contribution >= 4 is 5.91 Å². The van der Waals surface area contributed by atoms with E-state index >= 15 is 0 Å². The highest BCUT2D eigenvalue weighted by molar-refractivity contribution is 5.93. The molecule has 0 spiro atoms. The Bertz CT molecular complexity index is 693. The van der Waals surface area contributed by atoms with Crippen LogP contribution in [0.1, 0.15) is 41.5 Å². The number of nitriles is 1. The van der Waals surface area contributed by atoms with Crippen molar-refractivity contribution in [1.29, 1.82) is 5.26 Å². The summed E-state index contributed by atoms with van der Waals surface area (Å²) in [6.45, 7) is 4.00. The number of nitrogens with zero attached hydrogens (tertiary/aromatic N) is 3. The van der Waals surface area contributed by atoms with Crippen LogP contribution in [0.15, 0.2) is 6.07 Å². The quantitative estimate of drug-likeness (QED) is 0.829. The van der Waals surface area contributed by atoms with Gasteiger partial charge in [-0.3, -0.25) is 9.69 Å². The van der Waals surface area contributed by atoms with Gasteiger partial charge in [0, 0.05) is 24.8 Å². The zero-order chi connectivity index (χ0) is 18.0. The Balaban J connectivity index is 1.77. The molecule has 0 aromatic carbocycles. The number of fused-ring (bicyclic) bond motifs is 1. The number of ether oxygens (including phenoxy) is 1. The van der Waals surface area contributed by atoms with E-state index in [1.165, 1.54) is 0 Å². The number of amides is 1. The van der Waals surface area contributed by atoms with Crippen LogP contribution in [0, 0.1) is 11.3 Å². The lowest BCUT2D eigenvalue weighted by Crippen LogP contribution is -2.65. The molecule has 25 heavy (non-hydrogen) atoms. The van der Waals surface area contributed by atoms with E-state index in [2.05, 4.69) is 16.3 Å². The zero-order valence-corrected chi connectivity index (χ0v) is 14.9. The molecule has 2 N–H and O–H groups in total. The first-order chi connectivity index (χ1) is 12.0. The van der Waals surface area contributed by atoms with Crippen molar-refractivity contribution in [2.75, 3.05) is 33.4 Å². The van der Waals surface area contributed by atoms with E-state index in [4.69, 9.17) is 4.74 Å². The first-order valence-corrected chi connectivity index (χ1v) is 8.84. The number of aromatic nitrogens is 1. The largest absolute Gasteiger partial charge is 0.394 e. The van der Waals surface area contributed by atoms with Crippen molar-refractivity contribution in [3.05, 3.63) is 23.0 Å². The number of rotatable bonds is 4. The highest BCUT2D eigenvalue weighted by atomic mass is 16.5. The second-order valence-corrected chi connectivity index (χ2v) is 7.15. The number of nitrogens with one attached hydrogen (secondary N) is 1. The number of hydrogen-bond acceptors (Lipinski definition) is 5. The fourth-order valence-corrected chi connectivity index (χ4v) is 3.79. The third kappa shape index (κ3) is 3.17. The van der Waals surface area contributed by atoms with Crippen molar-refractivity contribution in [3.63, 3.8) is 0 Å². The number of likely N-dealkylation sites (N-methyl/N-ethyl adjacent to an activating group) is 1. The van der Waals surface area contributed by atoms with Gasteiger partial charge in [-0.1, -0.05) is 0 Å². The summed E-state index contributed by atoms with van der Waals surface area (Å²) in [7, 11) is 1.95. The summed E-state index contributed by atoms with van der Waals surface area (Å²) in [5.74, 6) is -0.205. The van der Waals surface area contributed by atoms with E-state index < -0.39 is 5.54 Å². The highest BCUT2D eigenvalue weighted by Crippen LogP contribution is 2.24. The predicted octanol–water partition coefficient (Wildman–Crippen LogP) is 0.507. The Morgan fingerprint density at radius 3 is 3.08 bits per heavy atom. The SMILES string of the molecule is C[C@@H]1COC[C@@](CO)(CNC(=O)c2cc(C#N)c3n2CCCC3)N1C. The molecule has 0 bridgehead atoms. The molecule has 1 amide bonds. The van der Waals surface area contributed by atoms with Crippen LogP contribution in [-0.4, -0.2) is 65.5 Å². The topological polar surface area (TPSA) is 90.5 Å². The van der Waals surface area contributed by atoms with Gasteiger partial charge >= 0.3 is 0 Å². The molecular weight excluding hydrogens is 320 g/mol. The van der Waals surface area contributed by atoms with Crippen LogP contribution < -0.4 is 5.32 Å². The van der Waals surface area contributed by atoms with Crippen molar-refractivity contribution in [2.24, 2.45) is 0 Å². The smallest absolute Gasteiger partial charge is 0.268 e. The van der Waals surface area contributed by atoms with Crippen LogP contribution in [0.3, 0.4) is 0 Å². The van der Waals surface area contributed by atoms with E-state index in [-0.39, 0.29) is 18.6 Å². The average Bonchev–Trinajstić information content (AvgIpc) is 3.02. The number of aliphatic hydroxyl groups excluding tert-OH is 1. The Labute approximate surface area is 148 Å². The summed E-state index contributed by atoms with van der Waals surface area (Å²) < 4.78 is 7.57. The van der Waals surface area contributed by atoms with Gasteiger partial charge in [-0.25, -0.2) is 0 Å². The minimum absolute atomic E-state index is 0.0934. The Morgan fingerprint density at radius 1 is 1.56 bits per heavy atom. The van der Waals surface area contributed by atoms with Crippen LogP contribution in [-0.2, 0) is 17.7 Å². The van der Waals surface area contributed by atoms with E-state index in [0.29, 0.717) is 31.0 Å². The van der Waals surface area contributed by atoms with Crippen LogP contribution >= 0.6 is 0 Å². The lowest BCUT2D eigenvalue weighted by Gasteiger charge is -2.47. The molecule has 2 aliphatic rings. The van der Waals surface area contributed by atoms with Crippen LogP contribution in [0.5, 0.6) is 0 Å². The predicted molar refractivity (Wildman–Crippen MR) is 92.3 cm³/mol. The number of morpholine rings is 1. The van der Waals surface area contributed by atoms with Crippen molar-refractivity contribution < 1.29 is 14.6 Å².